The lowest BCUT2D eigenvalue weighted by Crippen LogP contribution is -2.02. The van der Waals surface area contributed by atoms with E-state index in [1.165, 1.54) is 12.1 Å². The molecule has 0 amide bonds. The zero-order valence-corrected chi connectivity index (χ0v) is 10.1. The number of hydrogen-bond acceptors (Lipinski definition) is 2. The number of hydrogen-bond donors (Lipinski definition) is 1. The van der Waals surface area contributed by atoms with Crippen LogP contribution >= 0.6 is 0 Å². The van der Waals surface area contributed by atoms with Crippen LogP contribution in [0.3, 0.4) is 0 Å². The third-order valence-corrected chi connectivity index (χ3v) is 2.80. The van der Waals surface area contributed by atoms with Crippen LogP contribution in [0.4, 0.5) is 10.1 Å². The second-order valence-corrected chi connectivity index (χ2v) is 3.94. The van der Waals surface area contributed by atoms with E-state index in [1.807, 2.05) is 17.8 Å². The summed E-state index contributed by atoms with van der Waals surface area (Å²) in [4.78, 5) is 0. The van der Waals surface area contributed by atoms with Crippen molar-refractivity contribution in [2.45, 2.75) is 26.9 Å². The standard InChI is InChI=1S/C13H16FN3/c1-3-17-10(2)13(9-16-17)15-8-11-4-6-12(14)7-5-11/h4-7,9,15H,3,8H2,1-2H3. The van der Waals surface area contributed by atoms with E-state index >= 15 is 0 Å². The second-order valence-electron chi connectivity index (χ2n) is 3.94. The van der Waals surface area contributed by atoms with Crippen molar-refractivity contribution in [2.24, 2.45) is 0 Å². The number of nitrogens with zero attached hydrogens (tertiary/aromatic N) is 2. The maximum Gasteiger partial charge on any atom is 0.123 e. The normalized spacial score (nSPS) is 10.5. The van der Waals surface area contributed by atoms with Crippen molar-refractivity contribution in [1.29, 1.82) is 0 Å². The van der Waals surface area contributed by atoms with Crippen molar-refractivity contribution in [1.82, 2.24) is 9.78 Å². The fourth-order valence-corrected chi connectivity index (χ4v) is 1.74. The van der Waals surface area contributed by atoms with Crippen molar-refractivity contribution >= 4 is 5.69 Å². The number of rotatable bonds is 4. The van der Waals surface area contributed by atoms with Crippen LogP contribution in [0.5, 0.6) is 0 Å². The van der Waals surface area contributed by atoms with E-state index in [9.17, 15) is 4.39 Å². The predicted molar refractivity (Wildman–Crippen MR) is 66.4 cm³/mol. The van der Waals surface area contributed by atoms with E-state index in [0.717, 1.165) is 23.5 Å². The fourth-order valence-electron chi connectivity index (χ4n) is 1.74. The average molecular weight is 233 g/mol. The lowest BCUT2D eigenvalue weighted by Gasteiger charge is -2.06. The van der Waals surface area contributed by atoms with Gasteiger partial charge in [0.2, 0.25) is 0 Å². The Morgan fingerprint density at radius 2 is 2.00 bits per heavy atom. The minimum absolute atomic E-state index is 0.205. The first-order valence-corrected chi connectivity index (χ1v) is 5.71. The summed E-state index contributed by atoms with van der Waals surface area (Å²) in [6.45, 7) is 5.63. The highest BCUT2D eigenvalue weighted by atomic mass is 19.1. The number of aromatic nitrogens is 2. The molecule has 0 atom stereocenters. The quantitative estimate of drug-likeness (QED) is 0.879. The van der Waals surface area contributed by atoms with Crippen LogP contribution in [0.1, 0.15) is 18.2 Å². The first kappa shape index (κ1) is 11.6. The van der Waals surface area contributed by atoms with Gasteiger partial charge in [-0.05, 0) is 31.5 Å². The van der Waals surface area contributed by atoms with Gasteiger partial charge in [-0.1, -0.05) is 12.1 Å². The van der Waals surface area contributed by atoms with Gasteiger partial charge in [-0.3, -0.25) is 4.68 Å². The lowest BCUT2D eigenvalue weighted by atomic mass is 10.2. The molecule has 0 aliphatic carbocycles. The molecule has 1 heterocycles. The van der Waals surface area contributed by atoms with Gasteiger partial charge in [0.1, 0.15) is 5.82 Å². The van der Waals surface area contributed by atoms with E-state index < -0.39 is 0 Å². The van der Waals surface area contributed by atoms with E-state index in [4.69, 9.17) is 0 Å². The van der Waals surface area contributed by atoms with Gasteiger partial charge in [-0.25, -0.2) is 4.39 Å². The van der Waals surface area contributed by atoms with Crippen LogP contribution in [-0.2, 0) is 13.1 Å². The van der Waals surface area contributed by atoms with Crippen LogP contribution in [-0.4, -0.2) is 9.78 Å². The van der Waals surface area contributed by atoms with Gasteiger partial charge in [0.05, 0.1) is 17.6 Å². The van der Waals surface area contributed by atoms with E-state index in [1.54, 1.807) is 12.1 Å². The molecule has 4 heteroatoms. The number of benzene rings is 1. The molecule has 0 aliphatic rings. The van der Waals surface area contributed by atoms with Gasteiger partial charge < -0.3 is 5.32 Å². The smallest absolute Gasteiger partial charge is 0.123 e. The average Bonchev–Trinajstić information content (AvgIpc) is 2.69. The Bertz CT molecular complexity index is 488. The van der Waals surface area contributed by atoms with Gasteiger partial charge in [0.25, 0.3) is 0 Å². The van der Waals surface area contributed by atoms with Crippen LogP contribution < -0.4 is 5.32 Å². The van der Waals surface area contributed by atoms with Crippen molar-refractivity contribution in [2.75, 3.05) is 5.32 Å². The fraction of sp³-hybridized carbons (Fsp3) is 0.308. The van der Waals surface area contributed by atoms with E-state index in [2.05, 4.69) is 17.3 Å². The molecule has 1 aromatic carbocycles. The molecule has 0 saturated heterocycles. The molecule has 0 radical (unpaired) electrons. The number of aryl methyl sites for hydroxylation is 1. The topological polar surface area (TPSA) is 29.9 Å². The minimum Gasteiger partial charge on any atom is -0.378 e. The Kier molecular flexibility index (Phi) is 3.42. The van der Waals surface area contributed by atoms with Crippen LogP contribution in [0.15, 0.2) is 30.5 Å². The highest BCUT2D eigenvalue weighted by Gasteiger charge is 2.04. The Labute approximate surface area is 100 Å². The van der Waals surface area contributed by atoms with Crippen molar-refractivity contribution in [3.05, 3.63) is 47.5 Å². The first-order chi connectivity index (χ1) is 8.20. The molecule has 0 fully saturated rings. The second kappa shape index (κ2) is 4.99. The number of nitrogens with one attached hydrogen (secondary N) is 1. The maximum atomic E-state index is 12.7. The SMILES string of the molecule is CCn1ncc(NCc2ccc(F)cc2)c1C. The molecule has 1 aromatic heterocycles. The number of anilines is 1. The molecule has 3 nitrogen and oxygen atoms in total. The van der Waals surface area contributed by atoms with Crippen LogP contribution in [0, 0.1) is 12.7 Å². The van der Waals surface area contributed by atoms with E-state index in [0.29, 0.717) is 6.54 Å². The summed E-state index contributed by atoms with van der Waals surface area (Å²) in [6, 6.07) is 6.50. The maximum absolute atomic E-state index is 12.7. The molecule has 2 rings (SSSR count). The monoisotopic (exact) mass is 233 g/mol. The van der Waals surface area contributed by atoms with Crippen molar-refractivity contribution in [3.63, 3.8) is 0 Å². The number of halogens is 1. The van der Waals surface area contributed by atoms with Crippen molar-refractivity contribution < 1.29 is 4.39 Å². The molecule has 0 bridgehead atoms. The third kappa shape index (κ3) is 2.64. The van der Waals surface area contributed by atoms with Crippen LogP contribution in [0.2, 0.25) is 0 Å². The summed E-state index contributed by atoms with van der Waals surface area (Å²) in [7, 11) is 0. The summed E-state index contributed by atoms with van der Waals surface area (Å²) >= 11 is 0. The molecule has 1 N–H and O–H groups in total. The largest absolute Gasteiger partial charge is 0.378 e. The molecule has 0 saturated carbocycles. The van der Waals surface area contributed by atoms with Gasteiger partial charge in [0, 0.05) is 13.1 Å². The summed E-state index contributed by atoms with van der Waals surface area (Å²) in [5.41, 5.74) is 3.20. The van der Waals surface area contributed by atoms with Gasteiger partial charge in [-0.2, -0.15) is 5.10 Å². The first-order valence-electron chi connectivity index (χ1n) is 5.71. The lowest BCUT2D eigenvalue weighted by molar-refractivity contribution is 0.627. The molecule has 0 spiro atoms. The predicted octanol–water partition coefficient (Wildman–Crippen LogP) is 2.96. The van der Waals surface area contributed by atoms with Crippen LogP contribution in [0.25, 0.3) is 0 Å². The molecule has 90 valence electrons. The Balaban J connectivity index is 2.02. The van der Waals surface area contributed by atoms with Gasteiger partial charge in [0.15, 0.2) is 0 Å². The molecule has 0 unspecified atom stereocenters. The summed E-state index contributed by atoms with van der Waals surface area (Å²) in [6.07, 6.45) is 1.82. The van der Waals surface area contributed by atoms with Crippen molar-refractivity contribution in [3.8, 4) is 0 Å². The Morgan fingerprint density at radius 1 is 1.29 bits per heavy atom. The van der Waals surface area contributed by atoms with Gasteiger partial charge >= 0.3 is 0 Å². The highest BCUT2D eigenvalue weighted by Crippen LogP contribution is 2.14. The molecule has 0 aliphatic heterocycles. The molecule has 17 heavy (non-hydrogen) atoms. The summed E-state index contributed by atoms with van der Waals surface area (Å²) in [5.74, 6) is -0.205. The summed E-state index contributed by atoms with van der Waals surface area (Å²) < 4.78 is 14.7. The highest BCUT2D eigenvalue weighted by molar-refractivity contribution is 5.46. The molecular weight excluding hydrogens is 217 g/mol. The minimum atomic E-state index is -0.205. The zero-order chi connectivity index (χ0) is 12.3. The molecule has 2 aromatic rings. The third-order valence-electron chi connectivity index (χ3n) is 2.80. The Morgan fingerprint density at radius 3 is 2.59 bits per heavy atom. The Hall–Kier alpha value is -1.84. The van der Waals surface area contributed by atoms with Gasteiger partial charge in [-0.15, -0.1) is 0 Å². The van der Waals surface area contributed by atoms with E-state index in [-0.39, 0.29) is 5.82 Å². The molecular formula is C13H16FN3. The summed E-state index contributed by atoms with van der Waals surface area (Å²) in [5, 5.41) is 7.55. The zero-order valence-electron chi connectivity index (χ0n) is 10.1.